The van der Waals surface area contributed by atoms with Crippen LogP contribution in [-0.2, 0) is 9.59 Å². The van der Waals surface area contributed by atoms with E-state index >= 15 is 0 Å². The highest BCUT2D eigenvalue weighted by Gasteiger charge is 2.31. The standard InChI is InChI=1S/C18H16BrN3O2S3/c1-11-10-26-17(20-11)21-15(23)6-3-7-22-16(24)14(27-18(22)25)9-12-4-2-5-13(19)8-12/h2,4-5,8-10H,3,6-7H2,1H3,(H,20,21,23). The van der Waals surface area contributed by atoms with Crippen LogP contribution in [0, 0.1) is 6.92 Å². The van der Waals surface area contributed by atoms with Gasteiger partial charge in [0.15, 0.2) is 5.13 Å². The van der Waals surface area contributed by atoms with Crippen molar-refractivity contribution >= 4 is 78.6 Å². The topological polar surface area (TPSA) is 62.3 Å². The maximum Gasteiger partial charge on any atom is 0.266 e. The molecule has 1 fully saturated rings. The first-order valence-corrected chi connectivity index (χ1v) is 11.0. The molecule has 0 saturated carbocycles. The van der Waals surface area contributed by atoms with Crippen LogP contribution in [0.4, 0.5) is 5.13 Å². The molecule has 0 bridgehead atoms. The summed E-state index contributed by atoms with van der Waals surface area (Å²) in [6.07, 6.45) is 2.68. The Morgan fingerprint density at radius 2 is 2.26 bits per heavy atom. The largest absolute Gasteiger partial charge is 0.302 e. The summed E-state index contributed by atoms with van der Waals surface area (Å²) in [4.78, 5) is 31.0. The molecule has 1 saturated heterocycles. The maximum absolute atomic E-state index is 12.6. The second kappa shape index (κ2) is 9.09. The molecule has 1 aliphatic rings. The number of thiazole rings is 1. The Morgan fingerprint density at radius 1 is 1.44 bits per heavy atom. The van der Waals surface area contributed by atoms with Gasteiger partial charge in [0.1, 0.15) is 4.32 Å². The molecule has 3 rings (SSSR count). The van der Waals surface area contributed by atoms with Crippen molar-refractivity contribution in [2.24, 2.45) is 0 Å². The number of thiocarbonyl (C=S) groups is 1. The number of halogens is 1. The SMILES string of the molecule is Cc1csc(NC(=O)CCCN2C(=O)C(=Cc3cccc(Br)c3)SC2=S)n1. The number of thioether (sulfide) groups is 1. The van der Waals surface area contributed by atoms with Gasteiger partial charge >= 0.3 is 0 Å². The van der Waals surface area contributed by atoms with Crippen molar-refractivity contribution in [2.45, 2.75) is 19.8 Å². The summed E-state index contributed by atoms with van der Waals surface area (Å²) in [5.74, 6) is -0.222. The lowest BCUT2D eigenvalue weighted by atomic mass is 10.2. The zero-order valence-corrected chi connectivity index (χ0v) is 18.4. The molecule has 0 radical (unpaired) electrons. The van der Waals surface area contributed by atoms with E-state index in [-0.39, 0.29) is 11.8 Å². The van der Waals surface area contributed by atoms with Gasteiger partial charge in [-0.25, -0.2) is 4.98 Å². The number of aryl methyl sites for hydroxylation is 1. The number of nitrogens with one attached hydrogen (secondary N) is 1. The van der Waals surface area contributed by atoms with Gasteiger partial charge in [-0.15, -0.1) is 11.3 Å². The predicted octanol–water partition coefficient (Wildman–Crippen LogP) is 4.83. The summed E-state index contributed by atoms with van der Waals surface area (Å²) in [5.41, 5.74) is 1.81. The lowest BCUT2D eigenvalue weighted by molar-refractivity contribution is -0.122. The van der Waals surface area contributed by atoms with E-state index in [0.717, 1.165) is 15.7 Å². The number of hydrogen-bond donors (Lipinski definition) is 1. The quantitative estimate of drug-likeness (QED) is 0.472. The minimum atomic E-state index is -0.112. The molecule has 0 spiro atoms. The van der Waals surface area contributed by atoms with Gasteiger partial charge in [-0.05, 0) is 37.1 Å². The monoisotopic (exact) mass is 481 g/mol. The van der Waals surface area contributed by atoms with Crippen LogP contribution < -0.4 is 5.32 Å². The Labute approximate surface area is 179 Å². The van der Waals surface area contributed by atoms with Gasteiger partial charge in [0.05, 0.1) is 10.6 Å². The summed E-state index contributed by atoms with van der Waals surface area (Å²) >= 11 is 11.4. The Bertz CT molecular complexity index is 926. The van der Waals surface area contributed by atoms with Crippen LogP contribution in [0.1, 0.15) is 24.1 Å². The van der Waals surface area contributed by atoms with Crippen molar-refractivity contribution in [3.8, 4) is 0 Å². The van der Waals surface area contributed by atoms with Crippen LogP contribution in [0.5, 0.6) is 0 Å². The molecule has 5 nitrogen and oxygen atoms in total. The van der Waals surface area contributed by atoms with Crippen LogP contribution in [0.3, 0.4) is 0 Å². The Balaban J connectivity index is 1.54. The summed E-state index contributed by atoms with van der Waals surface area (Å²) in [7, 11) is 0. The molecular formula is C18H16BrN3O2S3. The minimum absolute atomic E-state index is 0.110. The average Bonchev–Trinajstić information content (AvgIpc) is 3.12. The number of carbonyl (C=O) groups excluding carboxylic acids is 2. The molecule has 0 aliphatic carbocycles. The highest BCUT2D eigenvalue weighted by Crippen LogP contribution is 2.33. The number of amides is 2. The number of anilines is 1. The number of hydrogen-bond acceptors (Lipinski definition) is 6. The van der Waals surface area contributed by atoms with Crippen molar-refractivity contribution in [1.82, 2.24) is 9.88 Å². The Kier molecular flexibility index (Phi) is 6.80. The number of nitrogens with zero attached hydrogens (tertiary/aromatic N) is 2. The van der Waals surface area contributed by atoms with E-state index in [2.05, 4.69) is 26.2 Å². The normalized spacial score (nSPS) is 15.6. The molecule has 0 atom stereocenters. The van der Waals surface area contributed by atoms with E-state index in [1.165, 1.54) is 23.1 Å². The van der Waals surface area contributed by atoms with Gasteiger partial charge in [-0.1, -0.05) is 52.0 Å². The first-order valence-electron chi connectivity index (χ1n) is 8.15. The van der Waals surface area contributed by atoms with Gasteiger partial charge in [-0.3, -0.25) is 14.5 Å². The summed E-state index contributed by atoms with van der Waals surface area (Å²) < 4.78 is 1.48. The van der Waals surface area contributed by atoms with Crippen LogP contribution in [0.25, 0.3) is 6.08 Å². The molecule has 9 heteroatoms. The Hall–Kier alpha value is -1.55. The first kappa shape index (κ1) is 20.2. The van der Waals surface area contributed by atoms with Crippen molar-refractivity contribution in [1.29, 1.82) is 0 Å². The molecule has 1 aromatic heterocycles. The second-order valence-electron chi connectivity index (χ2n) is 5.83. The molecule has 2 heterocycles. The molecule has 1 N–H and O–H groups in total. The van der Waals surface area contributed by atoms with Crippen molar-refractivity contribution in [3.63, 3.8) is 0 Å². The minimum Gasteiger partial charge on any atom is -0.302 e. The molecule has 140 valence electrons. The van der Waals surface area contributed by atoms with Crippen LogP contribution in [-0.4, -0.2) is 32.6 Å². The maximum atomic E-state index is 12.6. The van der Waals surface area contributed by atoms with Crippen LogP contribution in [0.15, 0.2) is 39.0 Å². The predicted molar refractivity (Wildman–Crippen MR) is 119 cm³/mol. The van der Waals surface area contributed by atoms with Gasteiger partial charge in [0.2, 0.25) is 5.91 Å². The lowest BCUT2D eigenvalue weighted by Gasteiger charge is -2.13. The van der Waals surface area contributed by atoms with E-state index < -0.39 is 0 Å². The van der Waals surface area contributed by atoms with E-state index in [4.69, 9.17) is 12.2 Å². The molecule has 1 aliphatic heterocycles. The number of rotatable bonds is 6. The summed E-state index contributed by atoms with van der Waals surface area (Å²) in [6, 6.07) is 7.72. The van der Waals surface area contributed by atoms with Gasteiger partial charge in [0, 0.05) is 22.8 Å². The lowest BCUT2D eigenvalue weighted by Crippen LogP contribution is -2.29. The third kappa shape index (κ3) is 5.47. The fraction of sp³-hybridized carbons (Fsp3) is 0.222. The molecule has 27 heavy (non-hydrogen) atoms. The second-order valence-corrected chi connectivity index (χ2v) is 9.28. The summed E-state index contributed by atoms with van der Waals surface area (Å²) in [5, 5.41) is 5.25. The molecular weight excluding hydrogens is 466 g/mol. The van der Waals surface area contributed by atoms with E-state index in [0.29, 0.717) is 33.7 Å². The Morgan fingerprint density at radius 3 is 2.96 bits per heavy atom. The van der Waals surface area contributed by atoms with Crippen molar-refractivity contribution in [3.05, 3.63) is 50.3 Å². The zero-order valence-electron chi connectivity index (χ0n) is 14.4. The average molecular weight is 482 g/mol. The number of benzene rings is 1. The van der Waals surface area contributed by atoms with Crippen molar-refractivity contribution in [2.75, 3.05) is 11.9 Å². The number of aromatic nitrogens is 1. The zero-order chi connectivity index (χ0) is 19.4. The van der Waals surface area contributed by atoms with E-state index in [1.807, 2.05) is 42.6 Å². The van der Waals surface area contributed by atoms with Gasteiger partial charge in [-0.2, -0.15) is 0 Å². The smallest absolute Gasteiger partial charge is 0.266 e. The van der Waals surface area contributed by atoms with Crippen molar-refractivity contribution < 1.29 is 9.59 Å². The third-order valence-electron chi connectivity index (χ3n) is 3.67. The summed E-state index contributed by atoms with van der Waals surface area (Å²) in [6.45, 7) is 2.30. The van der Waals surface area contributed by atoms with Gasteiger partial charge in [0.25, 0.3) is 5.91 Å². The fourth-order valence-electron chi connectivity index (χ4n) is 2.43. The molecule has 0 unspecified atom stereocenters. The molecule has 2 aromatic rings. The molecule has 1 aromatic carbocycles. The highest BCUT2D eigenvalue weighted by molar-refractivity contribution is 9.10. The number of carbonyl (C=O) groups is 2. The van der Waals surface area contributed by atoms with E-state index in [1.54, 1.807) is 4.90 Å². The van der Waals surface area contributed by atoms with Gasteiger partial charge < -0.3 is 5.32 Å². The molecule has 2 amide bonds. The first-order chi connectivity index (χ1) is 12.9. The van der Waals surface area contributed by atoms with E-state index in [9.17, 15) is 9.59 Å². The third-order valence-corrected chi connectivity index (χ3v) is 6.42. The van der Waals surface area contributed by atoms with Crippen LogP contribution in [0.2, 0.25) is 0 Å². The van der Waals surface area contributed by atoms with Crippen LogP contribution >= 0.6 is 51.2 Å². The highest BCUT2D eigenvalue weighted by atomic mass is 79.9. The fourth-order valence-corrected chi connectivity index (χ4v) is 4.86.